The molecule has 0 radical (unpaired) electrons. The molecule has 0 unspecified atom stereocenters. The van der Waals surface area contributed by atoms with E-state index in [1.54, 1.807) is 39.8 Å². The van der Waals surface area contributed by atoms with Crippen molar-refractivity contribution in [2.75, 3.05) is 0 Å². The molecule has 0 aliphatic heterocycles. The number of pyridine rings is 4. The average molecular weight is 1200 g/mol. The van der Waals surface area contributed by atoms with Gasteiger partial charge in [0.25, 0.3) is 0 Å². The standard InChI is InChI=1S/C21H32FN.C21H26FN.C20H28FNO2.C15H22FN/c2*1-15-3-9-18(10-4-15)19-11-6-17(7-12-19)8-14-20-13-5-16(2)21(22)23-20;1-13-3-6-15(7-4-13)16-8-10-17(11-9-16)20(23)24-18-12-5-14(2)19(21)22-18;1-11-3-6-13(7-4-11)8-10-14-9-5-12(2)15(16)17-14/h5,13,15,17-19H,3-4,6-12,14H2,1-2H3;5-7,11-13,15,18H,3-4,8-10,14H2,1-2H3;5,12-13,15-17H,3-4,6-11H2,1-2H3;5,9,11,13H,3-4,6-8,10H2,1-2H3. The second kappa shape index (κ2) is 34.3. The molecular weight excluding hydrogens is 1090 g/mol. The Kier molecular flexibility index (Phi) is 26.8. The number of hydrogen-bond donors (Lipinski definition) is 0. The summed E-state index contributed by atoms with van der Waals surface area (Å²) in [5.74, 6) is 7.94. The van der Waals surface area contributed by atoms with Gasteiger partial charge in [0.1, 0.15) is 0 Å². The van der Waals surface area contributed by atoms with Crippen molar-refractivity contribution in [2.24, 2.45) is 65.1 Å². The summed E-state index contributed by atoms with van der Waals surface area (Å²) in [6.07, 6.45) is 37.6. The molecule has 11 rings (SSSR count). The molecule has 476 valence electrons. The molecule has 6 nitrogen and oxygen atoms in total. The van der Waals surface area contributed by atoms with Gasteiger partial charge in [-0.25, -0.2) is 15.0 Å². The largest absolute Gasteiger partial charge is 0.407 e. The number of esters is 1. The van der Waals surface area contributed by atoms with Gasteiger partial charge in [-0.15, -0.1) is 0 Å². The van der Waals surface area contributed by atoms with Gasteiger partial charge in [-0.3, -0.25) is 4.79 Å². The van der Waals surface area contributed by atoms with Gasteiger partial charge < -0.3 is 4.74 Å². The second-order valence-electron chi connectivity index (χ2n) is 28.7. The van der Waals surface area contributed by atoms with Crippen molar-refractivity contribution in [3.8, 4) is 5.88 Å². The zero-order chi connectivity index (χ0) is 61.8. The topological polar surface area (TPSA) is 77.9 Å². The first kappa shape index (κ1) is 67.9. The Labute approximate surface area is 522 Å². The molecule has 1 aromatic carbocycles. The molecule has 6 aliphatic carbocycles. The monoisotopic (exact) mass is 1200 g/mol. The SMILES string of the molecule is Cc1ccc(CCC2CCC(C)CC2)nc1F.Cc1ccc(CCC2CCC(C3CCC(C)CC3)CC2)nc1F.Cc1ccc(CCc2ccc(C3CCC(C)CC3)cc2)nc1F.Cc1ccc(OC(=O)C2CCC(C3CCC(C)CC3)CC2)nc1F. The maximum absolute atomic E-state index is 13.5. The summed E-state index contributed by atoms with van der Waals surface area (Å²) < 4.78 is 59.0. The Morgan fingerprint density at radius 2 is 0.713 bits per heavy atom. The molecule has 4 aromatic heterocycles. The Morgan fingerprint density at radius 1 is 0.379 bits per heavy atom. The Bertz CT molecular complexity index is 2850. The Hall–Kier alpha value is -4.99. The molecule has 6 saturated carbocycles. The lowest BCUT2D eigenvalue weighted by Gasteiger charge is -2.37. The van der Waals surface area contributed by atoms with E-state index in [2.05, 4.69) is 71.9 Å². The van der Waals surface area contributed by atoms with Crippen LogP contribution in [0.3, 0.4) is 0 Å². The molecular formula is C77H108F4N4O2. The van der Waals surface area contributed by atoms with E-state index < -0.39 is 5.95 Å². The minimum atomic E-state index is -0.574. The predicted octanol–water partition coefficient (Wildman–Crippen LogP) is 21.1. The van der Waals surface area contributed by atoms with Crippen molar-refractivity contribution in [1.29, 1.82) is 0 Å². The molecule has 87 heavy (non-hydrogen) atoms. The summed E-state index contributed by atoms with van der Waals surface area (Å²) in [6.45, 7) is 16.4. The van der Waals surface area contributed by atoms with Crippen LogP contribution in [0, 0.1) is 117 Å². The minimum absolute atomic E-state index is 0.0603. The zero-order valence-corrected chi connectivity index (χ0v) is 54.7. The first-order chi connectivity index (χ1) is 41.9. The molecule has 4 heterocycles. The lowest BCUT2D eigenvalue weighted by molar-refractivity contribution is -0.140. The summed E-state index contributed by atoms with van der Waals surface area (Å²) in [6, 6.07) is 23.6. The number of rotatable bonds is 14. The van der Waals surface area contributed by atoms with E-state index in [9.17, 15) is 22.4 Å². The molecule has 0 atom stereocenters. The Balaban J connectivity index is 0.000000152. The van der Waals surface area contributed by atoms with Gasteiger partial charge in [-0.05, 0) is 244 Å². The lowest BCUT2D eigenvalue weighted by atomic mass is 9.69. The number of carbonyl (C=O) groups is 1. The summed E-state index contributed by atoms with van der Waals surface area (Å²) in [5.41, 5.74) is 7.82. The van der Waals surface area contributed by atoms with E-state index in [0.29, 0.717) is 22.3 Å². The normalized spacial score (nSPS) is 27.4. The van der Waals surface area contributed by atoms with Crippen LogP contribution in [-0.2, 0) is 30.5 Å². The molecule has 10 heteroatoms. The van der Waals surface area contributed by atoms with Crippen LogP contribution in [0.4, 0.5) is 17.6 Å². The van der Waals surface area contributed by atoms with Gasteiger partial charge in [0, 0.05) is 45.4 Å². The Morgan fingerprint density at radius 3 is 1.11 bits per heavy atom. The first-order valence-corrected chi connectivity index (χ1v) is 34.7. The van der Waals surface area contributed by atoms with Crippen LogP contribution in [0.25, 0.3) is 0 Å². The number of halogens is 4. The number of aryl methyl sites for hydroxylation is 8. The molecule has 0 spiro atoms. The van der Waals surface area contributed by atoms with Crippen LogP contribution in [0.2, 0.25) is 0 Å². The molecule has 0 saturated heterocycles. The van der Waals surface area contributed by atoms with Crippen molar-refractivity contribution in [3.05, 3.63) is 147 Å². The van der Waals surface area contributed by atoms with Gasteiger partial charge >= 0.3 is 5.97 Å². The van der Waals surface area contributed by atoms with Gasteiger partial charge in [0.15, 0.2) is 0 Å². The third-order valence-electron chi connectivity index (χ3n) is 21.8. The number of nitrogens with zero attached hydrogens (tertiary/aromatic N) is 4. The first-order valence-electron chi connectivity index (χ1n) is 34.7. The highest BCUT2D eigenvalue weighted by Gasteiger charge is 2.34. The molecule has 6 fully saturated rings. The van der Waals surface area contributed by atoms with E-state index in [0.717, 1.165) is 134 Å². The van der Waals surface area contributed by atoms with E-state index >= 15 is 0 Å². The molecule has 0 N–H and O–H groups in total. The van der Waals surface area contributed by atoms with Crippen molar-refractivity contribution >= 4 is 5.97 Å². The van der Waals surface area contributed by atoms with Crippen LogP contribution < -0.4 is 4.74 Å². The lowest BCUT2D eigenvalue weighted by Crippen LogP contribution is -2.30. The fraction of sp³-hybridized carbons (Fsp3) is 0.649. The van der Waals surface area contributed by atoms with Crippen molar-refractivity contribution < 1.29 is 27.1 Å². The number of hydrogen-bond acceptors (Lipinski definition) is 6. The van der Waals surface area contributed by atoms with Crippen LogP contribution >= 0.6 is 0 Å². The van der Waals surface area contributed by atoms with Crippen LogP contribution in [0.15, 0.2) is 72.8 Å². The average Bonchev–Trinajstić information content (AvgIpc) is 3.73. The van der Waals surface area contributed by atoms with Crippen molar-refractivity contribution in [1.82, 2.24) is 19.9 Å². The maximum Gasteiger partial charge on any atom is 0.315 e. The van der Waals surface area contributed by atoms with Crippen LogP contribution in [-0.4, -0.2) is 25.9 Å². The number of aromatic nitrogens is 4. The smallest absolute Gasteiger partial charge is 0.315 e. The fourth-order valence-corrected chi connectivity index (χ4v) is 15.2. The van der Waals surface area contributed by atoms with Gasteiger partial charge in [0.05, 0.1) is 5.92 Å². The highest BCUT2D eigenvalue weighted by atomic mass is 19.1. The quantitative estimate of drug-likeness (QED) is 0.0626. The summed E-state index contributed by atoms with van der Waals surface area (Å²) in [4.78, 5) is 28.1. The third kappa shape index (κ3) is 21.9. The highest BCUT2D eigenvalue weighted by Crippen LogP contribution is 2.44. The van der Waals surface area contributed by atoms with Gasteiger partial charge in [-0.2, -0.15) is 22.5 Å². The number of carbonyl (C=O) groups excluding carboxylic acids is 1. The fourth-order valence-electron chi connectivity index (χ4n) is 15.2. The second-order valence-corrected chi connectivity index (χ2v) is 28.7. The van der Waals surface area contributed by atoms with E-state index in [4.69, 9.17) is 4.74 Å². The van der Waals surface area contributed by atoms with Gasteiger partial charge in [0.2, 0.25) is 29.7 Å². The summed E-state index contributed by atoms with van der Waals surface area (Å²) in [5, 5.41) is 0. The van der Waals surface area contributed by atoms with Crippen molar-refractivity contribution in [3.63, 3.8) is 0 Å². The van der Waals surface area contributed by atoms with E-state index in [1.807, 2.05) is 36.4 Å². The molecule has 0 amide bonds. The third-order valence-corrected chi connectivity index (χ3v) is 21.8. The zero-order valence-electron chi connectivity index (χ0n) is 54.7. The minimum Gasteiger partial charge on any atom is -0.407 e. The van der Waals surface area contributed by atoms with Gasteiger partial charge in [-0.1, -0.05) is 147 Å². The molecule has 5 aromatic rings. The highest BCUT2D eigenvalue weighted by molar-refractivity contribution is 5.74. The summed E-state index contributed by atoms with van der Waals surface area (Å²) >= 11 is 0. The predicted molar refractivity (Wildman–Crippen MR) is 346 cm³/mol. The van der Waals surface area contributed by atoms with E-state index in [1.165, 1.54) is 152 Å². The summed E-state index contributed by atoms with van der Waals surface area (Å²) in [7, 11) is 0. The van der Waals surface area contributed by atoms with Crippen LogP contribution in [0.5, 0.6) is 5.88 Å². The number of ether oxygens (including phenoxy) is 1. The molecule has 6 aliphatic rings. The van der Waals surface area contributed by atoms with Crippen molar-refractivity contribution in [2.45, 2.75) is 254 Å². The molecule has 0 bridgehead atoms. The number of benzene rings is 1. The maximum atomic E-state index is 13.5. The van der Waals surface area contributed by atoms with Crippen LogP contribution in [0.1, 0.15) is 251 Å². The van der Waals surface area contributed by atoms with E-state index in [-0.39, 0.29) is 35.6 Å².